The third-order valence-corrected chi connectivity index (χ3v) is 2.92. The van der Waals surface area contributed by atoms with Crippen molar-refractivity contribution in [3.8, 4) is 0 Å². The Balaban J connectivity index is 2.54. The summed E-state index contributed by atoms with van der Waals surface area (Å²) in [6, 6.07) is 0. The number of aliphatic carboxylic acids is 1. The Morgan fingerprint density at radius 3 is 1.77 bits per heavy atom. The molecule has 0 aromatic heterocycles. The van der Waals surface area contributed by atoms with Gasteiger partial charge in [-0.2, -0.15) is 0 Å². The van der Waals surface area contributed by atoms with Crippen LogP contribution in [0, 0.1) is 0 Å². The molecule has 0 aromatic carbocycles. The highest BCUT2D eigenvalue weighted by Crippen LogP contribution is 2.23. The predicted molar refractivity (Wildman–Crippen MR) is 51.5 cm³/mol. The molecule has 0 unspecified atom stereocenters. The fourth-order valence-corrected chi connectivity index (χ4v) is 1.93. The van der Waals surface area contributed by atoms with Crippen molar-refractivity contribution >= 4 is 5.97 Å². The minimum absolute atomic E-state index is 0.641. The molecule has 0 spiro atoms. The number of hydrogen-bond donors (Lipinski definition) is 2. The van der Waals surface area contributed by atoms with Gasteiger partial charge in [-0.1, -0.05) is 38.5 Å². The van der Waals surface area contributed by atoms with Crippen LogP contribution in [0.3, 0.4) is 0 Å². The molecule has 13 heavy (non-hydrogen) atoms. The first-order valence-electron chi connectivity index (χ1n) is 5.17. The second-order valence-electron chi connectivity index (χ2n) is 4.08. The molecule has 0 aliphatic heterocycles. The van der Waals surface area contributed by atoms with E-state index in [0.717, 1.165) is 25.7 Å². The van der Waals surface area contributed by atoms with Crippen LogP contribution >= 0.6 is 0 Å². The summed E-state index contributed by atoms with van der Waals surface area (Å²) in [6.07, 6.45) is 7.93. The summed E-state index contributed by atoms with van der Waals surface area (Å²) >= 11 is 0. The molecule has 1 aliphatic rings. The van der Waals surface area contributed by atoms with Crippen molar-refractivity contribution < 1.29 is 9.90 Å². The fourth-order valence-electron chi connectivity index (χ4n) is 1.93. The van der Waals surface area contributed by atoms with Gasteiger partial charge in [-0.25, -0.2) is 0 Å². The van der Waals surface area contributed by atoms with Crippen LogP contribution < -0.4 is 5.73 Å². The van der Waals surface area contributed by atoms with E-state index >= 15 is 0 Å². The molecule has 0 atom stereocenters. The van der Waals surface area contributed by atoms with Gasteiger partial charge in [0.15, 0.2) is 0 Å². The lowest BCUT2D eigenvalue weighted by Gasteiger charge is -2.23. The molecule has 3 heteroatoms. The molecule has 1 rings (SSSR count). The van der Waals surface area contributed by atoms with E-state index in [1.807, 2.05) is 0 Å². The molecule has 76 valence electrons. The normalized spacial score (nSPS) is 24.1. The molecule has 0 amide bonds. The molecular weight excluding hydrogens is 166 g/mol. The summed E-state index contributed by atoms with van der Waals surface area (Å²) in [7, 11) is 0. The molecule has 0 heterocycles. The number of carbonyl (C=O) groups is 1. The topological polar surface area (TPSA) is 63.3 Å². The van der Waals surface area contributed by atoms with Crippen LogP contribution in [0.15, 0.2) is 0 Å². The van der Waals surface area contributed by atoms with Crippen molar-refractivity contribution in [1.82, 2.24) is 0 Å². The largest absolute Gasteiger partial charge is 0.480 e. The third kappa shape index (κ3) is 2.99. The van der Waals surface area contributed by atoms with Gasteiger partial charge in [0.1, 0.15) is 5.54 Å². The van der Waals surface area contributed by atoms with Crippen molar-refractivity contribution in [2.75, 3.05) is 0 Å². The van der Waals surface area contributed by atoms with E-state index in [0.29, 0.717) is 12.8 Å². The van der Waals surface area contributed by atoms with E-state index in [2.05, 4.69) is 0 Å². The number of hydrogen-bond acceptors (Lipinski definition) is 2. The summed E-state index contributed by atoms with van der Waals surface area (Å²) in [5, 5.41) is 8.98. The van der Waals surface area contributed by atoms with Gasteiger partial charge in [-0.05, 0) is 12.8 Å². The lowest BCUT2D eigenvalue weighted by molar-refractivity contribution is -0.144. The summed E-state index contributed by atoms with van der Waals surface area (Å²) in [5.74, 6) is -0.825. The zero-order valence-corrected chi connectivity index (χ0v) is 8.09. The van der Waals surface area contributed by atoms with Gasteiger partial charge in [0.25, 0.3) is 0 Å². The Bertz CT molecular complexity index is 170. The molecule has 3 nitrogen and oxygen atoms in total. The van der Waals surface area contributed by atoms with E-state index in [1.54, 1.807) is 0 Å². The first-order valence-corrected chi connectivity index (χ1v) is 5.17. The Morgan fingerprint density at radius 2 is 1.38 bits per heavy atom. The Morgan fingerprint density at radius 1 is 1.00 bits per heavy atom. The zero-order chi connectivity index (χ0) is 9.73. The minimum Gasteiger partial charge on any atom is -0.480 e. The Labute approximate surface area is 79.3 Å². The number of rotatable bonds is 1. The maximum absolute atomic E-state index is 10.9. The van der Waals surface area contributed by atoms with Crippen LogP contribution in [-0.2, 0) is 4.79 Å². The Hall–Kier alpha value is -0.570. The second-order valence-corrected chi connectivity index (χ2v) is 4.08. The lowest BCUT2D eigenvalue weighted by atomic mass is 9.89. The first kappa shape index (κ1) is 10.5. The predicted octanol–water partition coefficient (Wildman–Crippen LogP) is 1.90. The standard InChI is InChI=1S/C10H19NO2/c11-10(9(12)13)7-5-3-1-2-4-6-8-10/h1-8,11H2,(H,12,13). The fraction of sp³-hybridized carbons (Fsp3) is 0.900. The van der Waals surface area contributed by atoms with Crippen molar-refractivity contribution in [3.63, 3.8) is 0 Å². The number of nitrogens with two attached hydrogens (primary N) is 1. The third-order valence-electron chi connectivity index (χ3n) is 2.92. The molecular formula is C10H19NO2. The second kappa shape index (κ2) is 4.61. The molecule has 1 saturated carbocycles. The smallest absolute Gasteiger partial charge is 0.323 e. The summed E-state index contributed by atoms with van der Waals surface area (Å²) < 4.78 is 0. The molecule has 0 aromatic rings. The highest BCUT2D eigenvalue weighted by atomic mass is 16.4. The zero-order valence-electron chi connectivity index (χ0n) is 8.09. The first-order chi connectivity index (χ1) is 6.15. The summed E-state index contributed by atoms with van der Waals surface area (Å²) in [6.45, 7) is 0. The van der Waals surface area contributed by atoms with Gasteiger partial charge < -0.3 is 10.8 Å². The molecule has 3 N–H and O–H groups in total. The average Bonchev–Trinajstić information content (AvgIpc) is 2.18. The highest BCUT2D eigenvalue weighted by molar-refractivity contribution is 5.78. The SMILES string of the molecule is NC1(C(=O)O)CCCCCCCC1. The number of carboxylic acid groups (broad SMARTS) is 1. The van der Waals surface area contributed by atoms with Crippen molar-refractivity contribution in [3.05, 3.63) is 0 Å². The maximum Gasteiger partial charge on any atom is 0.323 e. The van der Waals surface area contributed by atoms with Gasteiger partial charge in [-0.15, -0.1) is 0 Å². The minimum atomic E-state index is -0.940. The van der Waals surface area contributed by atoms with Crippen LogP contribution in [-0.4, -0.2) is 16.6 Å². The monoisotopic (exact) mass is 185 g/mol. The van der Waals surface area contributed by atoms with Gasteiger partial charge in [0, 0.05) is 0 Å². The number of carboxylic acids is 1. The quantitative estimate of drug-likeness (QED) is 0.655. The molecule has 1 fully saturated rings. The molecule has 0 bridgehead atoms. The van der Waals surface area contributed by atoms with Crippen molar-refractivity contribution in [2.24, 2.45) is 5.73 Å². The van der Waals surface area contributed by atoms with Crippen LogP contribution in [0.4, 0.5) is 0 Å². The van der Waals surface area contributed by atoms with Crippen molar-refractivity contribution in [1.29, 1.82) is 0 Å². The van der Waals surface area contributed by atoms with E-state index in [1.165, 1.54) is 12.8 Å². The van der Waals surface area contributed by atoms with E-state index in [4.69, 9.17) is 10.8 Å². The lowest BCUT2D eigenvalue weighted by Crippen LogP contribution is -2.47. The molecule has 0 radical (unpaired) electrons. The highest BCUT2D eigenvalue weighted by Gasteiger charge is 2.32. The molecule has 1 aliphatic carbocycles. The van der Waals surface area contributed by atoms with Crippen LogP contribution in [0.2, 0.25) is 0 Å². The Kier molecular flexibility index (Phi) is 3.72. The van der Waals surface area contributed by atoms with Crippen LogP contribution in [0.25, 0.3) is 0 Å². The van der Waals surface area contributed by atoms with Gasteiger partial charge in [0.2, 0.25) is 0 Å². The maximum atomic E-state index is 10.9. The summed E-state index contributed by atoms with van der Waals surface area (Å²) in [5.41, 5.74) is 4.90. The molecule has 0 saturated heterocycles. The van der Waals surface area contributed by atoms with E-state index < -0.39 is 11.5 Å². The van der Waals surface area contributed by atoms with Gasteiger partial charge in [0.05, 0.1) is 0 Å². The van der Waals surface area contributed by atoms with Crippen molar-refractivity contribution in [2.45, 2.75) is 56.9 Å². The van der Waals surface area contributed by atoms with Crippen LogP contribution in [0.5, 0.6) is 0 Å². The van der Waals surface area contributed by atoms with Gasteiger partial charge in [-0.3, -0.25) is 4.79 Å². The van der Waals surface area contributed by atoms with Gasteiger partial charge >= 0.3 is 5.97 Å². The van der Waals surface area contributed by atoms with E-state index in [-0.39, 0.29) is 0 Å². The summed E-state index contributed by atoms with van der Waals surface area (Å²) in [4.78, 5) is 10.9. The average molecular weight is 185 g/mol. The van der Waals surface area contributed by atoms with Crippen LogP contribution in [0.1, 0.15) is 51.4 Å². The van der Waals surface area contributed by atoms with E-state index in [9.17, 15) is 4.79 Å².